The second-order valence-corrected chi connectivity index (χ2v) is 4.44. The van der Waals surface area contributed by atoms with E-state index < -0.39 is 0 Å². The Morgan fingerprint density at radius 2 is 1.73 bits per heavy atom. The van der Waals surface area contributed by atoms with Gasteiger partial charge in [0.25, 0.3) is 0 Å². The van der Waals surface area contributed by atoms with Gasteiger partial charge in [0.15, 0.2) is 0 Å². The Morgan fingerprint density at radius 3 is 1.82 bits per heavy atom. The number of hydrogen-bond acceptors (Lipinski definition) is 1. The minimum atomic E-state index is 0.415. The van der Waals surface area contributed by atoms with E-state index in [0.29, 0.717) is 5.41 Å². The Hall–Kier alpha value is 0.350. The van der Waals surface area contributed by atoms with Gasteiger partial charge in [0, 0.05) is 0 Å². The zero-order valence-corrected chi connectivity index (χ0v) is 9.41. The molecule has 0 saturated heterocycles. The Balaban J connectivity index is 4.32. The molecule has 0 N–H and O–H groups in total. The largest absolute Gasteiger partial charge is 0.179 e. The smallest absolute Gasteiger partial charge is 0.00388 e. The average molecular weight is 174 g/mol. The highest BCUT2D eigenvalue weighted by Crippen LogP contribution is 2.37. The van der Waals surface area contributed by atoms with Crippen LogP contribution in [-0.4, -0.2) is 5.75 Å². The molecule has 68 valence electrons. The molecule has 0 fully saturated rings. The third kappa shape index (κ3) is 2.40. The Bertz CT molecular complexity index is 109. The van der Waals surface area contributed by atoms with Gasteiger partial charge in [0.1, 0.15) is 0 Å². The van der Waals surface area contributed by atoms with Crippen molar-refractivity contribution in [1.82, 2.24) is 0 Å². The Labute approximate surface area is 77.2 Å². The molecule has 2 atom stereocenters. The molecule has 0 aliphatic carbocycles. The second-order valence-electron chi connectivity index (χ2n) is 4.13. The summed E-state index contributed by atoms with van der Waals surface area (Å²) in [5.74, 6) is 2.51. The van der Waals surface area contributed by atoms with Crippen LogP contribution in [0.25, 0.3) is 0 Å². The molecular weight excluding hydrogens is 152 g/mol. The molecule has 0 aromatic heterocycles. The average Bonchev–Trinajstić information content (AvgIpc) is 2.01. The third-order valence-corrected chi connectivity index (χ3v) is 4.08. The predicted octanol–water partition coefficient (Wildman–Crippen LogP) is 3.62. The fourth-order valence-corrected chi connectivity index (χ4v) is 2.05. The molecule has 0 radical (unpaired) electrons. The van der Waals surface area contributed by atoms with Crippen molar-refractivity contribution >= 4 is 12.6 Å². The number of rotatable bonds is 4. The van der Waals surface area contributed by atoms with Gasteiger partial charge in [-0.2, -0.15) is 12.6 Å². The molecule has 0 nitrogen and oxygen atoms in total. The van der Waals surface area contributed by atoms with Crippen LogP contribution < -0.4 is 0 Å². The first-order valence-electron chi connectivity index (χ1n) is 4.59. The first-order chi connectivity index (χ1) is 4.99. The summed E-state index contributed by atoms with van der Waals surface area (Å²) >= 11 is 4.43. The number of hydrogen-bond donors (Lipinski definition) is 1. The maximum Gasteiger partial charge on any atom is -0.00388 e. The molecule has 0 aromatic carbocycles. The lowest BCUT2D eigenvalue weighted by molar-refractivity contribution is 0.154. The molecule has 11 heavy (non-hydrogen) atoms. The lowest BCUT2D eigenvalue weighted by Crippen LogP contribution is -2.32. The molecule has 0 rings (SSSR count). The summed E-state index contributed by atoms with van der Waals surface area (Å²) in [5.41, 5.74) is 0.415. The van der Waals surface area contributed by atoms with Crippen LogP contribution in [0, 0.1) is 17.3 Å². The van der Waals surface area contributed by atoms with Crippen LogP contribution in [0.3, 0.4) is 0 Å². The topological polar surface area (TPSA) is 0 Å². The van der Waals surface area contributed by atoms with E-state index in [1.165, 1.54) is 6.42 Å². The minimum Gasteiger partial charge on any atom is -0.179 e. The summed E-state index contributed by atoms with van der Waals surface area (Å²) in [6, 6.07) is 0. The van der Waals surface area contributed by atoms with E-state index >= 15 is 0 Å². The van der Waals surface area contributed by atoms with Gasteiger partial charge in [-0.3, -0.25) is 0 Å². The highest BCUT2D eigenvalue weighted by molar-refractivity contribution is 7.80. The highest BCUT2D eigenvalue weighted by Gasteiger charge is 2.31. The quantitative estimate of drug-likeness (QED) is 0.618. The number of thiol groups is 1. The SMILES string of the molecule is CCC(C)C(C)(CS)C(C)C. The summed E-state index contributed by atoms with van der Waals surface area (Å²) in [6.45, 7) is 11.5. The van der Waals surface area contributed by atoms with Crippen molar-refractivity contribution in [2.45, 2.75) is 41.0 Å². The van der Waals surface area contributed by atoms with Crippen LogP contribution in [0.2, 0.25) is 0 Å². The van der Waals surface area contributed by atoms with Crippen LogP contribution >= 0.6 is 12.6 Å². The molecule has 0 spiro atoms. The van der Waals surface area contributed by atoms with Gasteiger partial charge >= 0.3 is 0 Å². The van der Waals surface area contributed by atoms with Crippen molar-refractivity contribution in [3.8, 4) is 0 Å². The van der Waals surface area contributed by atoms with Gasteiger partial charge < -0.3 is 0 Å². The maximum atomic E-state index is 4.43. The van der Waals surface area contributed by atoms with Crippen LogP contribution in [0.4, 0.5) is 0 Å². The highest BCUT2D eigenvalue weighted by atomic mass is 32.1. The molecule has 0 aromatic rings. The van der Waals surface area contributed by atoms with E-state index in [0.717, 1.165) is 17.6 Å². The van der Waals surface area contributed by atoms with Crippen molar-refractivity contribution in [2.24, 2.45) is 17.3 Å². The van der Waals surface area contributed by atoms with Crippen LogP contribution in [0.5, 0.6) is 0 Å². The molecular formula is C10H22S. The Morgan fingerprint density at radius 1 is 1.27 bits per heavy atom. The van der Waals surface area contributed by atoms with Crippen molar-refractivity contribution in [3.63, 3.8) is 0 Å². The van der Waals surface area contributed by atoms with Crippen LogP contribution in [0.1, 0.15) is 41.0 Å². The second kappa shape index (κ2) is 4.39. The third-order valence-electron chi connectivity index (χ3n) is 3.40. The van der Waals surface area contributed by atoms with Crippen molar-refractivity contribution in [1.29, 1.82) is 0 Å². The summed E-state index contributed by atoms with van der Waals surface area (Å²) in [7, 11) is 0. The standard InChI is InChI=1S/C10H22S/c1-6-9(4)10(5,7-11)8(2)3/h8-9,11H,6-7H2,1-5H3. The van der Waals surface area contributed by atoms with E-state index in [2.05, 4.69) is 47.2 Å². The Kier molecular flexibility index (Phi) is 4.53. The lowest BCUT2D eigenvalue weighted by atomic mass is 9.70. The van der Waals surface area contributed by atoms with Gasteiger partial charge in [-0.1, -0.05) is 41.0 Å². The molecule has 0 saturated carbocycles. The van der Waals surface area contributed by atoms with E-state index in [1.54, 1.807) is 0 Å². The van der Waals surface area contributed by atoms with Crippen molar-refractivity contribution in [2.75, 3.05) is 5.75 Å². The van der Waals surface area contributed by atoms with E-state index in [-0.39, 0.29) is 0 Å². The first-order valence-corrected chi connectivity index (χ1v) is 5.23. The van der Waals surface area contributed by atoms with Gasteiger partial charge in [-0.05, 0) is 23.0 Å². The molecule has 1 heteroatoms. The monoisotopic (exact) mass is 174 g/mol. The van der Waals surface area contributed by atoms with Crippen LogP contribution in [0.15, 0.2) is 0 Å². The van der Waals surface area contributed by atoms with Gasteiger partial charge in [-0.25, -0.2) is 0 Å². The van der Waals surface area contributed by atoms with Gasteiger partial charge in [0.2, 0.25) is 0 Å². The van der Waals surface area contributed by atoms with E-state index in [9.17, 15) is 0 Å². The molecule has 2 unspecified atom stereocenters. The summed E-state index contributed by atoms with van der Waals surface area (Å²) in [6.07, 6.45) is 1.26. The minimum absolute atomic E-state index is 0.415. The van der Waals surface area contributed by atoms with Crippen molar-refractivity contribution in [3.05, 3.63) is 0 Å². The van der Waals surface area contributed by atoms with E-state index in [1.807, 2.05) is 0 Å². The van der Waals surface area contributed by atoms with Crippen molar-refractivity contribution < 1.29 is 0 Å². The van der Waals surface area contributed by atoms with Crippen LogP contribution in [-0.2, 0) is 0 Å². The normalized spacial score (nSPS) is 19.9. The molecule has 0 amide bonds. The zero-order chi connectivity index (χ0) is 9.07. The maximum absolute atomic E-state index is 4.43. The fraction of sp³-hybridized carbons (Fsp3) is 1.00. The zero-order valence-electron chi connectivity index (χ0n) is 8.52. The van der Waals surface area contributed by atoms with Gasteiger partial charge in [0.05, 0.1) is 0 Å². The summed E-state index contributed by atoms with van der Waals surface area (Å²) in [4.78, 5) is 0. The van der Waals surface area contributed by atoms with Gasteiger partial charge in [-0.15, -0.1) is 0 Å². The first kappa shape index (κ1) is 11.4. The fourth-order valence-electron chi connectivity index (χ4n) is 1.37. The van der Waals surface area contributed by atoms with E-state index in [4.69, 9.17) is 0 Å². The molecule has 0 bridgehead atoms. The molecule has 0 aliphatic heterocycles. The summed E-state index contributed by atoms with van der Waals surface area (Å²) in [5, 5.41) is 0. The lowest BCUT2D eigenvalue weighted by Gasteiger charge is -2.38. The predicted molar refractivity (Wildman–Crippen MR) is 56.3 cm³/mol. The molecule has 0 heterocycles. The summed E-state index contributed by atoms with van der Waals surface area (Å²) < 4.78 is 0. The molecule has 0 aliphatic rings.